The number of nitrogens with zero attached hydrogens (tertiary/aromatic N) is 1. The molecule has 1 unspecified atom stereocenters. The van der Waals surface area contributed by atoms with Gasteiger partial charge in [-0.05, 0) is 12.5 Å². The first-order chi connectivity index (χ1) is 9.24. The van der Waals surface area contributed by atoms with E-state index >= 15 is 0 Å². The Morgan fingerprint density at radius 2 is 2.26 bits per heavy atom. The summed E-state index contributed by atoms with van der Waals surface area (Å²) in [6, 6.07) is 7.65. The molecule has 2 rings (SSSR count). The lowest BCUT2D eigenvalue weighted by Gasteiger charge is -2.32. The van der Waals surface area contributed by atoms with Gasteiger partial charge in [-0.15, -0.1) is 0 Å². The van der Waals surface area contributed by atoms with Gasteiger partial charge in [-0.3, -0.25) is 4.79 Å². The number of hydrogen-bond donors (Lipinski definition) is 1. The normalized spacial score (nSPS) is 19.6. The zero-order chi connectivity index (χ0) is 13.7. The molecule has 0 aromatic heterocycles. The molecule has 0 aliphatic carbocycles. The molecule has 0 radical (unpaired) electrons. The molecule has 0 bridgehead atoms. The van der Waals surface area contributed by atoms with E-state index < -0.39 is 0 Å². The number of aliphatic hydroxyl groups excluding tert-OH is 1. The summed E-state index contributed by atoms with van der Waals surface area (Å²) >= 11 is 0. The fraction of sp³-hybridized carbons (Fsp3) is 0.500. The number of para-hydroxylation sites is 1. The molecule has 0 spiro atoms. The monoisotopic (exact) mass is 265 g/mol. The molecule has 1 aliphatic heterocycles. The van der Waals surface area contributed by atoms with Crippen LogP contribution in [0.1, 0.15) is 12.0 Å². The fourth-order valence-electron chi connectivity index (χ4n) is 2.19. The summed E-state index contributed by atoms with van der Waals surface area (Å²) in [6.45, 7) is 1.17. The third-order valence-electron chi connectivity index (χ3n) is 3.22. The molecular formula is C14H19NO4. The number of methoxy groups -OCH3 is 1. The molecule has 0 saturated carbocycles. The van der Waals surface area contributed by atoms with Gasteiger partial charge >= 0.3 is 0 Å². The third kappa shape index (κ3) is 3.45. The van der Waals surface area contributed by atoms with E-state index in [-0.39, 0.29) is 25.2 Å². The minimum atomic E-state index is -0.0857. The van der Waals surface area contributed by atoms with Gasteiger partial charge in [0, 0.05) is 25.3 Å². The molecule has 1 aromatic rings. The molecule has 1 heterocycles. The minimum absolute atomic E-state index is 0.0277. The molecule has 1 N–H and O–H groups in total. The van der Waals surface area contributed by atoms with Gasteiger partial charge in [-0.1, -0.05) is 18.2 Å². The van der Waals surface area contributed by atoms with Gasteiger partial charge in [-0.2, -0.15) is 0 Å². The second-order valence-corrected chi connectivity index (χ2v) is 4.53. The van der Waals surface area contributed by atoms with Crippen LogP contribution in [0.15, 0.2) is 24.3 Å². The van der Waals surface area contributed by atoms with Crippen LogP contribution in [0.2, 0.25) is 0 Å². The van der Waals surface area contributed by atoms with E-state index in [0.717, 1.165) is 11.3 Å². The van der Waals surface area contributed by atoms with E-state index in [4.69, 9.17) is 14.6 Å². The molecule has 1 saturated heterocycles. The van der Waals surface area contributed by atoms with Gasteiger partial charge in [-0.25, -0.2) is 0 Å². The van der Waals surface area contributed by atoms with Gasteiger partial charge in [0.05, 0.1) is 13.2 Å². The molecule has 1 aromatic carbocycles. The van der Waals surface area contributed by atoms with Crippen molar-refractivity contribution in [3.8, 4) is 5.75 Å². The first-order valence-corrected chi connectivity index (χ1v) is 6.36. The predicted molar refractivity (Wildman–Crippen MR) is 69.9 cm³/mol. The Kier molecular flexibility index (Phi) is 4.76. The van der Waals surface area contributed by atoms with Gasteiger partial charge in [0.2, 0.25) is 5.91 Å². The van der Waals surface area contributed by atoms with Gasteiger partial charge < -0.3 is 19.5 Å². The van der Waals surface area contributed by atoms with Crippen LogP contribution in [0.25, 0.3) is 0 Å². The number of hydrogen-bond acceptors (Lipinski definition) is 4. The van der Waals surface area contributed by atoms with Gasteiger partial charge in [0.15, 0.2) is 0 Å². The van der Waals surface area contributed by atoms with Crippen LogP contribution in [-0.4, -0.2) is 48.9 Å². The Morgan fingerprint density at radius 1 is 1.47 bits per heavy atom. The van der Waals surface area contributed by atoms with Crippen molar-refractivity contribution in [3.63, 3.8) is 0 Å². The van der Waals surface area contributed by atoms with Crippen molar-refractivity contribution < 1.29 is 19.4 Å². The van der Waals surface area contributed by atoms with Crippen molar-refractivity contribution in [2.24, 2.45) is 0 Å². The number of aliphatic hydroxyl groups is 1. The van der Waals surface area contributed by atoms with Crippen molar-refractivity contribution in [2.75, 3.05) is 26.9 Å². The van der Waals surface area contributed by atoms with Crippen LogP contribution in [0.5, 0.6) is 5.75 Å². The Bertz CT molecular complexity index is 435. The van der Waals surface area contributed by atoms with E-state index in [1.165, 1.54) is 0 Å². The van der Waals surface area contributed by atoms with Crippen LogP contribution in [0.4, 0.5) is 0 Å². The predicted octanol–water partition coefficient (Wildman–Crippen LogP) is 0.805. The third-order valence-corrected chi connectivity index (χ3v) is 3.22. The summed E-state index contributed by atoms with van der Waals surface area (Å²) in [4.78, 5) is 13.6. The van der Waals surface area contributed by atoms with Gasteiger partial charge in [0.25, 0.3) is 0 Å². The van der Waals surface area contributed by atoms with E-state index in [2.05, 4.69) is 0 Å². The van der Waals surface area contributed by atoms with Crippen molar-refractivity contribution in [1.82, 2.24) is 4.90 Å². The minimum Gasteiger partial charge on any atom is -0.496 e. The highest BCUT2D eigenvalue weighted by atomic mass is 16.5. The van der Waals surface area contributed by atoms with Crippen LogP contribution >= 0.6 is 0 Å². The quantitative estimate of drug-likeness (QED) is 0.855. The van der Waals surface area contributed by atoms with Crippen molar-refractivity contribution in [2.45, 2.75) is 19.1 Å². The molecule has 104 valence electrons. The lowest BCUT2D eigenvalue weighted by Crippen LogP contribution is -2.46. The molecule has 1 amide bonds. The molecule has 19 heavy (non-hydrogen) atoms. The Balaban J connectivity index is 2.05. The number of carbonyl (C=O) groups is 1. The highest BCUT2D eigenvalue weighted by Gasteiger charge is 2.26. The molecule has 1 aliphatic rings. The average molecular weight is 265 g/mol. The summed E-state index contributed by atoms with van der Waals surface area (Å²) in [6.07, 6.45) is 0.466. The summed E-state index contributed by atoms with van der Waals surface area (Å²) in [7, 11) is 1.62. The largest absolute Gasteiger partial charge is 0.496 e. The number of amides is 1. The maximum atomic E-state index is 11.8. The first-order valence-electron chi connectivity index (χ1n) is 6.36. The maximum absolute atomic E-state index is 11.8. The van der Waals surface area contributed by atoms with Crippen LogP contribution in [0.3, 0.4) is 0 Å². The first kappa shape index (κ1) is 13.8. The van der Waals surface area contributed by atoms with Crippen molar-refractivity contribution in [3.05, 3.63) is 29.8 Å². The fourth-order valence-corrected chi connectivity index (χ4v) is 2.19. The highest BCUT2D eigenvalue weighted by Crippen LogP contribution is 2.21. The van der Waals surface area contributed by atoms with E-state index in [1.54, 1.807) is 12.0 Å². The summed E-state index contributed by atoms with van der Waals surface area (Å²) < 4.78 is 10.7. The highest BCUT2D eigenvalue weighted by molar-refractivity contribution is 5.78. The summed E-state index contributed by atoms with van der Waals surface area (Å²) in [5.41, 5.74) is 0.975. The Hall–Kier alpha value is -1.59. The number of morpholine rings is 1. The lowest BCUT2D eigenvalue weighted by atomic mass is 10.1. The molecule has 1 fully saturated rings. The van der Waals surface area contributed by atoms with Crippen LogP contribution in [-0.2, 0) is 16.1 Å². The summed E-state index contributed by atoms with van der Waals surface area (Å²) in [5, 5.41) is 8.94. The van der Waals surface area contributed by atoms with Gasteiger partial charge in [0.1, 0.15) is 12.4 Å². The standard InChI is InChI=1S/C14H19NO4/c1-18-13-5-3-2-4-11(13)8-15-9-12(6-7-16)19-10-14(15)17/h2-5,12,16H,6-10H2,1H3. The zero-order valence-electron chi connectivity index (χ0n) is 11.0. The SMILES string of the molecule is COc1ccccc1CN1CC(CCO)OCC1=O. The van der Waals surface area contributed by atoms with Crippen molar-refractivity contribution >= 4 is 5.91 Å². The number of rotatable bonds is 5. The van der Waals surface area contributed by atoms with E-state index in [1.807, 2.05) is 24.3 Å². The Labute approximate surface area is 112 Å². The van der Waals surface area contributed by atoms with E-state index in [0.29, 0.717) is 19.5 Å². The number of carbonyl (C=O) groups excluding carboxylic acids is 1. The second kappa shape index (κ2) is 6.54. The average Bonchev–Trinajstić information content (AvgIpc) is 2.43. The zero-order valence-corrected chi connectivity index (χ0v) is 11.0. The Morgan fingerprint density at radius 3 is 3.00 bits per heavy atom. The smallest absolute Gasteiger partial charge is 0.248 e. The van der Waals surface area contributed by atoms with E-state index in [9.17, 15) is 4.79 Å². The maximum Gasteiger partial charge on any atom is 0.248 e. The number of ether oxygens (including phenoxy) is 2. The van der Waals surface area contributed by atoms with Crippen molar-refractivity contribution in [1.29, 1.82) is 0 Å². The topological polar surface area (TPSA) is 59.0 Å². The van der Waals surface area contributed by atoms with Crippen LogP contribution < -0.4 is 4.74 Å². The molecular weight excluding hydrogens is 246 g/mol. The molecule has 1 atom stereocenters. The number of benzene rings is 1. The lowest BCUT2D eigenvalue weighted by molar-refractivity contribution is -0.150. The van der Waals surface area contributed by atoms with Crippen LogP contribution in [0, 0.1) is 0 Å². The molecule has 5 nitrogen and oxygen atoms in total. The second-order valence-electron chi connectivity index (χ2n) is 4.53. The summed E-state index contributed by atoms with van der Waals surface area (Å²) in [5.74, 6) is 0.751. The molecule has 5 heteroatoms.